The predicted octanol–water partition coefficient (Wildman–Crippen LogP) is 1.91. The average Bonchev–Trinajstić information content (AvgIpc) is 2.83. The number of aryl methyl sites for hydroxylation is 1. The Bertz CT molecular complexity index is 609. The van der Waals surface area contributed by atoms with Gasteiger partial charge in [0, 0.05) is 17.6 Å². The molecule has 1 saturated heterocycles. The molecule has 0 radical (unpaired) electrons. The van der Waals surface area contributed by atoms with Gasteiger partial charge in [-0.3, -0.25) is 4.79 Å². The van der Waals surface area contributed by atoms with E-state index >= 15 is 0 Å². The van der Waals surface area contributed by atoms with Crippen LogP contribution in [0.3, 0.4) is 0 Å². The molecule has 1 fully saturated rings. The smallest absolute Gasteiger partial charge is 0.256 e. The van der Waals surface area contributed by atoms with E-state index in [-0.39, 0.29) is 5.56 Å². The quantitative estimate of drug-likeness (QED) is 0.783. The molecule has 0 bridgehead atoms. The molecule has 88 valence electrons. The zero-order chi connectivity index (χ0) is 11.8. The normalized spacial score (nSPS) is 19.9. The lowest BCUT2D eigenvalue weighted by Gasteiger charge is -2.15. The molecule has 17 heavy (non-hydrogen) atoms. The van der Waals surface area contributed by atoms with Crippen molar-refractivity contribution in [3.63, 3.8) is 0 Å². The summed E-state index contributed by atoms with van der Waals surface area (Å²) in [4.78, 5) is 14.9. The van der Waals surface area contributed by atoms with Crippen molar-refractivity contribution in [2.75, 3.05) is 13.1 Å². The minimum Gasteiger partial charge on any atom is -0.326 e. The molecule has 0 amide bonds. The van der Waals surface area contributed by atoms with Gasteiger partial charge in [0.25, 0.3) is 5.56 Å². The molecule has 1 unspecified atom stereocenters. The Morgan fingerprint density at radius 3 is 2.71 bits per heavy atom. The third kappa shape index (κ3) is 1.67. The summed E-state index contributed by atoms with van der Waals surface area (Å²) in [5.74, 6) is 0.525. The first-order chi connectivity index (χ1) is 8.27. The number of rotatable bonds is 1. The van der Waals surface area contributed by atoms with Crippen LogP contribution in [-0.2, 0) is 0 Å². The molecule has 0 spiro atoms. The van der Waals surface area contributed by atoms with Gasteiger partial charge in [0.15, 0.2) is 0 Å². The molecule has 0 saturated carbocycles. The Kier molecular flexibility index (Phi) is 2.48. The summed E-state index contributed by atoms with van der Waals surface area (Å²) in [6.07, 6.45) is 1.15. The minimum atomic E-state index is 0.0211. The first-order valence-corrected chi connectivity index (χ1v) is 6.09. The van der Waals surface area contributed by atoms with E-state index in [1.807, 2.05) is 25.1 Å². The van der Waals surface area contributed by atoms with Gasteiger partial charge in [-0.05, 0) is 42.8 Å². The fraction of sp³-hybridized carbons (Fsp3) is 0.357. The second-order valence-electron chi connectivity index (χ2n) is 4.73. The topological polar surface area (TPSA) is 44.9 Å². The molecule has 1 aliphatic heterocycles. The summed E-state index contributed by atoms with van der Waals surface area (Å²) in [6, 6.07) is 7.89. The maximum absolute atomic E-state index is 11.9. The maximum atomic E-state index is 11.9. The van der Waals surface area contributed by atoms with E-state index in [1.54, 1.807) is 0 Å². The monoisotopic (exact) mass is 228 g/mol. The molecular weight excluding hydrogens is 212 g/mol. The van der Waals surface area contributed by atoms with Gasteiger partial charge in [0.1, 0.15) is 0 Å². The van der Waals surface area contributed by atoms with Gasteiger partial charge in [-0.2, -0.15) is 0 Å². The fourth-order valence-corrected chi connectivity index (χ4v) is 2.85. The lowest BCUT2D eigenvalue weighted by Crippen LogP contribution is -2.15. The molecule has 1 aliphatic rings. The molecule has 2 heterocycles. The van der Waals surface area contributed by atoms with E-state index in [0.29, 0.717) is 5.92 Å². The maximum Gasteiger partial charge on any atom is 0.256 e. The summed E-state index contributed by atoms with van der Waals surface area (Å²) < 4.78 is 0. The van der Waals surface area contributed by atoms with Gasteiger partial charge in [-0.25, -0.2) is 0 Å². The SMILES string of the molecule is Cc1[nH]c(=O)c2ccccc2c1C1CCNC1. The first kappa shape index (κ1) is 10.5. The van der Waals surface area contributed by atoms with E-state index in [9.17, 15) is 4.79 Å². The summed E-state index contributed by atoms with van der Waals surface area (Å²) in [7, 11) is 0. The molecular formula is C14H16N2O. The fourth-order valence-electron chi connectivity index (χ4n) is 2.85. The van der Waals surface area contributed by atoms with Gasteiger partial charge in [-0.15, -0.1) is 0 Å². The standard InChI is InChI=1S/C14H16N2O/c1-9-13(10-6-7-15-8-10)11-4-2-3-5-12(11)14(17)16-9/h2-5,10,15H,6-8H2,1H3,(H,16,17). The number of aromatic nitrogens is 1. The van der Waals surface area contributed by atoms with Crippen LogP contribution in [0, 0.1) is 6.92 Å². The van der Waals surface area contributed by atoms with Crippen molar-refractivity contribution >= 4 is 10.8 Å². The largest absolute Gasteiger partial charge is 0.326 e. The molecule has 1 atom stereocenters. The molecule has 3 heteroatoms. The molecule has 1 aromatic carbocycles. The van der Waals surface area contributed by atoms with Gasteiger partial charge < -0.3 is 10.3 Å². The van der Waals surface area contributed by atoms with E-state index < -0.39 is 0 Å². The Morgan fingerprint density at radius 2 is 2.00 bits per heavy atom. The van der Waals surface area contributed by atoms with Crippen molar-refractivity contribution in [3.8, 4) is 0 Å². The number of aromatic amines is 1. The van der Waals surface area contributed by atoms with Crippen LogP contribution >= 0.6 is 0 Å². The zero-order valence-corrected chi connectivity index (χ0v) is 9.92. The van der Waals surface area contributed by atoms with Crippen LogP contribution < -0.4 is 10.9 Å². The Labute approximate surface area is 99.9 Å². The zero-order valence-electron chi connectivity index (χ0n) is 9.92. The first-order valence-electron chi connectivity index (χ1n) is 6.09. The predicted molar refractivity (Wildman–Crippen MR) is 69.5 cm³/mol. The number of hydrogen-bond donors (Lipinski definition) is 2. The molecule has 3 nitrogen and oxygen atoms in total. The number of benzene rings is 1. The molecule has 2 N–H and O–H groups in total. The highest BCUT2D eigenvalue weighted by Gasteiger charge is 2.21. The van der Waals surface area contributed by atoms with Crippen molar-refractivity contribution in [3.05, 3.63) is 45.9 Å². The molecule has 0 aliphatic carbocycles. The third-order valence-corrected chi connectivity index (χ3v) is 3.64. The van der Waals surface area contributed by atoms with E-state index in [1.165, 1.54) is 5.56 Å². The van der Waals surface area contributed by atoms with Gasteiger partial charge in [0.05, 0.1) is 0 Å². The van der Waals surface area contributed by atoms with Crippen LogP contribution in [-0.4, -0.2) is 18.1 Å². The van der Waals surface area contributed by atoms with Gasteiger partial charge in [-0.1, -0.05) is 18.2 Å². The Balaban J connectivity index is 2.32. The highest BCUT2D eigenvalue weighted by molar-refractivity contribution is 5.86. The highest BCUT2D eigenvalue weighted by atomic mass is 16.1. The summed E-state index contributed by atoms with van der Waals surface area (Å²) in [6.45, 7) is 4.08. The number of fused-ring (bicyclic) bond motifs is 1. The van der Waals surface area contributed by atoms with Crippen LogP contribution in [0.1, 0.15) is 23.6 Å². The third-order valence-electron chi connectivity index (χ3n) is 3.64. The minimum absolute atomic E-state index is 0.0211. The van der Waals surface area contributed by atoms with E-state index in [2.05, 4.69) is 16.4 Å². The lowest BCUT2D eigenvalue weighted by molar-refractivity contribution is 0.757. The Morgan fingerprint density at radius 1 is 1.24 bits per heavy atom. The lowest BCUT2D eigenvalue weighted by atomic mass is 9.92. The van der Waals surface area contributed by atoms with Crippen molar-refractivity contribution in [2.45, 2.75) is 19.3 Å². The van der Waals surface area contributed by atoms with Crippen LogP contribution in [0.2, 0.25) is 0 Å². The second kappa shape index (κ2) is 4.00. The molecule has 1 aromatic heterocycles. The van der Waals surface area contributed by atoms with Crippen molar-refractivity contribution in [1.29, 1.82) is 0 Å². The van der Waals surface area contributed by atoms with Crippen molar-refractivity contribution in [2.24, 2.45) is 0 Å². The molecule has 3 rings (SSSR count). The summed E-state index contributed by atoms with van der Waals surface area (Å²) in [5, 5.41) is 5.30. The van der Waals surface area contributed by atoms with Crippen molar-refractivity contribution < 1.29 is 0 Å². The highest BCUT2D eigenvalue weighted by Crippen LogP contribution is 2.29. The summed E-state index contributed by atoms with van der Waals surface area (Å²) in [5.41, 5.74) is 2.35. The Hall–Kier alpha value is -1.61. The number of hydrogen-bond acceptors (Lipinski definition) is 2. The van der Waals surface area contributed by atoms with E-state index in [4.69, 9.17) is 0 Å². The van der Waals surface area contributed by atoms with Crippen molar-refractivity contribution in [1.82, 2.24) is 10.3 Å². The van der Waals surface area contributed by atoms with Crippen LogP contribution in [0.15, 0.2) is 29.1 Å². The number of H-pyrrole nitrogens is 1. The van der Waals surface area contributed by atoms with Gasteiger partial charge >= 0.3 is 0 Å². The van der Waals surface area contributed by atoms with Gasteiger partial charge in [0.2, 0.25) is 0 Å². The number of pyridine rings is 1. The molecule has 2 aromatic rings. The number of nitrogens with one attached hydrogen (secondary N) is 2. The summed E-state index contributed by atoms with van der Waals surface area (Å²) >= 11 is 0. The van der Waals surface area contributed by atoms with E-state index in [0.717, 1.165) is 36.0 Å². The second-order valence-corrected chi connectivity index (χ2v) is 4.73. The average molecular weight is 228 g/mol. The van der Waals surface area contributed by atoms with Crippen LogP contribution in [0.4, 0.5) is 0 Å². The van der Waals surface area contributed by atoms with Crippen LogP contribution in [0.5, 0.6) is 0 Å². The van der Waals surface area contributed by atoms with Crippen LogP contribution in [0.25, 0.3) is 10.8 Å².